The lowest BCUT2D eigenvalue weighted by Gasteiger charge is -2.08. The Morgan fingerprint density at radius 2 is 2.00 bits per heavy atom. The summed E-state index contributed by atoms with van der Waals surface area (Å²) in [5.74, 6) is 0.0490. The van der Waals surface area contributed by atoms with Crippen molar-refractivity contribution < 1.29 is 13.9 Å². The van der Waals surface area contributed by atoms with E-state index in [1.807, 2.05) is 6.07 Å². The number of nitrogens with two attached hydrogens (primary N) is 1. The molecule has 0 unspecified atom stereocenters. The molecule has 2 rings (SSSR count). The molecule has 0 spiro atoms. The molecule has 2 aromatic rings. The molecule has 110 valence electrons. The van der Waals surface area contributed by atoms with E-state index in [1.54, 1.807) is 30.3 Å². The molecule has 0 heterocycles. The van der Waals surface area contributed by atoms with Crippen LogP contribution in [0.5, 0.6) is 5.75 Å². The molecule has 0 radical (unpaired) electrons. The average molecular weight is 288 g/mol. The number of benzene rings is 2. The van der Waals surface area contributed by atoms with Gasteiger partial charge in [-0.15, -0.1) is 0 Å². The van der Waals surface area contributed by atoms with Crippen molar-refractivity contribution in [2.75, 3.05) is 18.9 Å². The third kappa shape index (κ3) is 5.14. The largest absolute Gasteiger partial charge is 0.484 e. The molecule has 0 aliphatic rings. The smallest absolute Gasteiger partial charge is 0.257 e. The maximum atomic E-state index is 13.0. The molecule has 0 atom stereocenters. The van der Waals surface area contributed by atoms with Crippen LogP contribution in [0.1, 0.15) is 5.56 Å². The Morgan fingerprint density at radius 1 is 1.19 bits per heavy atom. The van der Waals surface area contributed by atoms with Gasteiger partial charge >= 0.3 is 0 Å². The Hall–Kier alpha value is -2.56. The molecule has 2 aromatic carbocycles. The number of hydrogen-bond donors (Lipinski definition) is 2. The highest BCUT2D eigenvalue weighted by molar-refractivity contribution is 5.77. The van der Waals surface area contributed by atoms with Gasteiger partial charge in [0, 0.05) is 18.3 Å². The molecule has 0 aliphatic carbocycles. The monoisotopic (exact) mass is 288 g/mol. The molecule has 0 aliphatic heterocycles. The lowest BCUT2D eigenvalue weighted by atomic mass is 10.1. The van der Waals surface area contributed by atoms with Crippen molar-refractivity contribution in [3.05, 3.63) is 59.9 Å². The van der Waals surface area contributed by atoms with Gasteiger partial charge in [-0.1, -0.05) is 18.2 Å². The zero-order chi connectivity index (χ0) is 15.1. The van der Waals surface area contributed by atoms with Crippen molar-refractivity contribution >= 4 is 11.6 Å². The third-order valence-electron chi connectivity index (χ3n) is 2.85. The topological polar surface area (TPSA) is 64.3 Å². The van der Waals surface area contributed by atoms with Gasteiger partial charge in [0.15, 0.2) is 6.61 Å². The second-order valence-corrected chi connectivity index (χ2v) is 4.59. The molecule has 0 saturated carbocycles. The molecule has 0 bridgehead atoms. The zero-order valence-electron chi connectivity index (χ0n) is 11.5. The molecular formula is C16H17FN2O2. The van der Waals surface area contributed by atoms with Crippen LogP contribution in [0.25, 0.3) is 0 Å². The van der Waals surface area contributed by atoms with Gasteiger partial charge in [-0.2, -0.15) is 0 Å². The fourth-order valence-corrected chi connectivity index (χ4v) is 1.84. The van der Waals surface area contributed by atoms with Gasteiger partial charge in [0.05, 0.1) is 0 Å². The van der Waals surface area contributed by atoms with E-state index < -0.39 is 0 Å². The number of nitrogen functional groups attached to an aromatic ring is 1. The van der Waals surface area contributed by atoms with E-state index in [0.29, 0.717) is 24.4 Å². The maximum absolute atomic E-state index is 13.0. The van der Waals surface area contributed by atoms with Gasteiger partial charge in [-0.3, -0.25) is 4.79 Å². The summed E-state index contributed by atoms with van der Waals surface area (Å²) in [4.78, 5) is 11.6. The summed E-state index contributed by atoms with van der Waals surface area (Å²) in [7, 11) is 0. The minimum Gasteiger partial charge on any atom is -0.484 e. The Kier molecular flexibility index (Phi) is 5.15. The van der Waals surface area contributed by atoms with Crippen LogP contribution >= 0.6 is 0 Å². The number of carbonyl (C=O) groups excluding carboxylic acids is 1. The van der Waals surface area contributed by atoms with Crippen LogP contribution in [-0.4, -0.2) is 19.1 Å². The number of rotatable bonds is 6. The van der Waals surface area contributed by atoms with Crippen LogP contribution in [-0.2, 0) is 11.2 Å². The van der Waals surface area contributed by atoms with E-state index >= 15 is 0 Å². The Morgan fingerprint density at radius 3 is 2.76 bits per heavy atom. The molecule has 3 N–H and O–H groups in total. The van der Waals surface area contributed by atoms with Crippen molar-refractivity contribution in [1.82, 2.24) is 5.32 Å². The minimum atomic E-state index is -0.274. The third-order valence-corrected chi connectivity index (χ3v) is 2.85. The quantitative estimate of drug-likeness (QED) is 0.800. The number of amides is 1. The first kappa shape index (κ1) is 14.8. The molecule has 1 amide bonds. The number of nitrogens with one attached hydrogen (secondary N) is 1. The molecular weight excluding hydrogens is 271 g/mol. The standard InChI is InChI=1S/C16H17FN2O2/c17-13-4-1-3-12(9-13)7-8-19-16(20)11-21-15-6-2-5-14(18)10-15/h1-6,9-10H,7-8,11,18H2,(H,19,20). The first-order valence-corrected chi connectivity index (χ1v) is 6.63. The van der Waals surface area contributed by atoms with Gasteiger partial charge in [-0.05, 0) is 36.2 Å². The number of halogens is 1. The average Bonchev–Trinajstić information content (AvgIpc) is 2.45. The second kappa shape index (κ2) is 7.28. The first-order chi connectivity index (χ1) is 10.1. The van der Waals surface area contributed by atoms with Crippen LogP contribution in [0.3, 0.4) is 0 Å². The van der Waals surface area contributed by atoms with Crippen LogP contribution in [0, 0.1) is 5.82 Å². The van der Waals surface area contributed by atoms with Gasteiger partial charge in [-0.25, -0.2) is 4.39 Å². The summed E-state index contributed by atoms with van der Waals surface area (Å²) >= 11 is 0. The van der Waals surface area contributed by atoms with Crippen molar-refractivity contribution in [1.29, 1.82) is 0 Å². The highest BCUT2D eigenvalue weighted by Crippen LogP contribution is 2.13. The predicted molar refractivity (Wildman–Crippen MR) is 79.5 cm³/mol. The fourth-order valence-electron chi connectivity index (χ4n) is 1.84. The predicted octanol–water partition coefficient (Wildman–Crippen LogP) is 2.15. The molecule has 5 heteroatoms. The van der Waals surface area contributed by atoms with Crippen molar-refractivity contribution in [3.8, 4) is 5.75 Å². The second-order valence-electron chi connectivity index (χ2n) is 4.59. The van der Waals surface area contributed by atoms with Crippen molar-refractivity contribution in [2.24, 2.45) is 0 Å². The molecule has 0 saturated heterocycles. The fraction of sp³-hybridized carbons (Fsp3) is 0.188. The summed E-state index contributed by atoms with van der Waals surface area (Å²) in [5, 5.41) is 2.72. The van der Waals surface area contributed by atoms with Gasteiger partial charge in [0.1, 0.15) is 11.6 Å². The van der Waals surface area contributed by atoms with E-state index in [-0.39, 0.29) is 18.3 Å². The summed E-state index contributed by atoms with van der Waals surface area (Å²) in [6, 6.07) is 13.2. The van der Waals surface area contributed by atoms with E-state index in [1.165, 1.54) is 12.1 Å². The molecule has 0 aromatic heterocycles. The van der Waals surface area contributed by atoms with Crippen LogP contribution in [0.4, 0.5) is 10.1 Å². The lowest BCUT2D eigenvalue weighted by molar-refractivity contribution is -0.123. The van der Waals surface area contributed by atoms with Crippen molar-refractivity contribution in [3.63, 3.8) is 0 Å². The molecule has 4 nitrogen and oxygen atoms in total. The normalized spacial score (nSPS) is 10.1. The van der Waals surface area contributed by atoms with Gasteiger partial charge in [0.25, 0.3) is 5.91 Å². The van der Waals surface area contributed by atoms with E-state index in [2.05, 4.69) is 5.32 Å². The zero-order valence-corrected chi connectivity index (χ0v) is 11.5. The van der Waals surface area contributed by atoms with Crippen molar-refractivity contribution in [2.45, 2.75) is 6.42 Å². The summed E-state index contributed by atoms with van der Waals surface area (Å²) in [5.41, 5.74) is 7.03. The van der Waals surface area contributed by atoms with E-state index in [0.717, 1.165) is 5.56 Å². The Balaban J connectivity index is 1.70. The molecule has 21 heavy (non-hydrogen) atoms. The van der Waals surface area contributed by atoms with E-state index in [9.17, 15) is 9.18 Å². The van der Waals surface area contributed by atoms with Crippen LogP contribution < -0.4 is 15.8 Å². The number of hydrogen-bond acceptors (Lipinski definition) is 3. The van der Waals surface area contributed by atoms with Gasteiger partial charge < -0.3 is 15.8 Å². The SMILES string of the molecule is Nc1cccc(OCC(=O)NCCc2cccc(F)c2)c1. The summed E-state index contributed by atoms with van der Waals surface area (Å²) < 4.78 is 18.3. The molecule has 0 fully saturated rings. The summed E-state index contributed by atoms with van der Waals surface area (Å²) in [6.07, 6.45) is 0.571. The number of anilines is 1. The number of ether oxygens (including phenoxy) is 1. The van der Waals surface area contributed by atoms with E-state index in [4.69, 9.17) is 10.5 Å². The van der Waals surface area contributed by atoms with Crippen LogP contribution in [0.2, 0.25) is 0 Å². The highest BCUT2D eigenvalue weighted by Gasteiger charge is 2.03. The number of carbonyl (C=O) groups is 1. The summed E-state index contributed by atoms with van der Waals surface area (Å²) in [6.45, 7) is 0.356. The highest BCUT2D eigenvalue weighted by atomic mass is 19.1. The Bertz CT molecular complexity index is 617. The van der Waals surface area contributed by atoms with Crippen LogP contribution in [0.15, 0.2) is 48.5 Å². The Labute approximate surface area is 122 Å². The lowest BCUT2D eigenvalue weighted by Crippen LogP contribution is -2.30. The minimum absolute atomic E-state index is 0.0768. The maximum Gasteiger partial charge on any atom is 0.257 e. The van der Waals surface area contributed by atoms with Gasteiger partial charge in [0.2, 0.25) is 0 Å². The first-order valence-electron chi connectivity index (χ1n) is 6.63.